The molecule has 0 saturated heterocycles. The zero-order valence-electron chi connectivity index (χ0n) is 15.2. The number of nitrogens with two attached hydrogens (primary N) is 1. The Kier molecular flexibility index (Phi) is 8.95. The monoisotopic (exact) mass is 512 g/mol. The van der Waals surface area contributed by atoms with E-state index in [0.29, 0.717) is 12.2 Å². The Bertz CT molecular complexity index is 765. The van der Waals surface area contributed by atoms with Crippen LogP contribution in [0.25, 0.3) is 0 Å². The molecule has 0 saturated carbocycles. The molecule has 10 heteroatoms. The van der Waals surface area contributed by atoms with Gasteiger partial charge in [-0.1, -0.05) is 12.1 Å². The van der Waals surface area contributed by atoms with Crippen LogP contribution in [-0.4, -0.2) is 37.9 Å². The highest BCUT2D eigenvalue weighted by atomic mass is 127. The average molecular weight is 512 g/mol. The van der Waals surface area contributed by atoms with Crippen molar-refractivity contribution in [3.8, 4) is 5.75 Å². The number of rotatable bonds is 6. The lowest BCUT2D eigenvalue weighted by Crippen LogP contribution is -2.27. The Labute approximate surface area is 177 Å². The second kappa shape index (κ2) is 10.5. The van der Waals surface area contributed by atoms with E-state index in [9.17, 15) is 17.6 Å². The zero-order chi connectivity index (χ0) is 20.0. The first kappa shape index (κ1) is 24.0. The van der Waals surface area contributed by atoms with Gasteiger partial charge >= 0.3 is 6.36 Å². The van der Waals surface area contributed by atoms with Crippen LogP contribution >= 0.6 is 24.0 Å². The molecule has 28 heavy (non-hydrogen) atoms. The highest BCUT2D eigenvalue weighted by Crippen LogP contribution is 2.24. The molecule has 2 aromatic rings. The number of nitrogens with one attached hydrogen (secondary N) is 1. The van der Waals surface area contributed by atoms with Crippen LogP contribution in [-0.2, 0) is 0 Å². The van der Waals surface area contributed by atoms with Gasteiger partial charge in [0, 0.05) is 5.69 Å². The van der Waals surface area contributed by atoms with Crippen LogP contribution in [0.3, 0.4) is 0 Å². The largest absolute Gasteiger partial charge is 0.573 e. The van der Waals surface area contributed by atoms with Gasteiger partial charge in [0.2, 0.25) is 0 Å². The lowest BCUT2D eigenvalue weighted by atomic mass is 10.1. The summed E-state index contributed by atoms with van der Waals surface area (Å²) < 4.78 is 53.3. The molecule has 1 unspecified atom stereocenters. The van der Waals surface area contributed by atoms with Crippen molar-refractivity contribution in [3.05, 3.63) is 59.9 Å². The van der Waals surface area contributed by atoms with Gasteiger partial charge in [0.15, 0.2) is 5.96 Å². The molecule has 0 amide bonds. The Morgan fingerprint density at radius 3 is 2.18 bits per heavy atom. The van der Waals surface area contributed by atoms with E-state index in [1.165, 1.54) is 36.4 Å². The van der Waals surface area contributed by atoms with Crippen molar-refractivity contribution in [2.75, 3.05) is 26.0 Å². The van der Waals surface area contributed by atoms with Gasteiger partial charge in [0.1, 0.15) is 11.6 Å². The van der Waals surface area contributed by atoms with Crippen molar-refractivity contribution in [1.82, 2.24) is 4.90 Å². The summed E-state index contributed by atoms with van der Waals surface area (Å²) in [4.78, 5) is 6.18. The second-order valence-electron chi connectivity index (χ2n) is 5.95. The number of likely N-dealkylation sites (N-methyl/N-ethyl adjacent to an activating group) is 1. The molecule has 2 aromatic carbocycles. The van der Waals surface area contributed by atoms with Crippen LogP contribution in [0.4, 0.5) is 23.2 Å². The standard InChI is InChI=1S/C18H20F4N4O.HI/c1-26(2)16(12-3-5-13(19)6-4-12)11-24-17(23)25-14-7-9-15(10-8-14)27-18(20,21)22;/h3-10,16H,11H2,1-2H3,(H3,23,24,25);1H. The average Bonchev–Trinajstić information content (AvgIpc) is 2.57. The van der Waals surface area contributed by atoms with Crippen molar-refractivity contribution in [2.45, 2.75) is 12.4 Å². The quantitative estimate of drug-likeness (QED) is 0.261. The molecule has 5 nitrogen and oxygen atoms in total. The molecule has 0 aliphatic rings. The maximum atomic E-state index is 13.1. The van der Waals surface area contributed by atoms with E-state index < -0.39 is 6.36 Å². The number of hydrogen-bond donors (Lipinski definition) is 2. The number of halogens is 5. The van der Waals surface area contributed by atoms with Crippen LogP contribution in [0.1, 0.15) is 11.6 Å². The highest BCUT2D eigenvalue weighted by Gasteiger charge is 2.30. The molecular weight excluding hydrogens is 491 g/mol. The Hall–Kier alpha value is -2.08. The smallest absolute Gasteiger partial charge is 0.406 e. The molecule has 0 spiro atoms. The number of guanidine groups is 1. The van der Waals surface area contributed by atoms with Crippen LogP contribution in [0.15, 0.2) is 53.5 Å². The summed E-state index contributed by atoms with van der Waals surface area (Å²) in [5, 5.41) is 2.80. The summed E-state index contributed by atoms with van der Waals surface area (Å²) in [7, 11) is 3.74. The van der Waals surface area contributed by atoms with Gasteiger partial charge in [-0.25, -0.2) is 4.39 Å². The molecule has 0 radical (unpaired) electrons. The molecule has 0 fully saturated rings. The molecular formula is C18H21F4IN4O. The van der Waals surface area contributed by atoms with E-state index in [-0.39, 0.29) is 47.5 Å². The number of ether oxygens (including phenoxy) is 1. The highest BCUT2D eigenvalue weighted by molar-refractivity contribution is 14.0. The fraction of sp³-hybridized carbons (Fsp3) is 0.278. The Morgan fingerprint density at radius 2 is 1.68 bits per heavy atom. The summed E-state index contributed by atoms with van der Waals surface area (Å²) in [6, 6.07) is 11.1. The van der Waals surface area contributed by atoms with Crippen molar-refractivity contribution in [2.24, 2.45) is 10.7 Å². The number of anilines is 1. The first-order valence-corrected chi connectivity index (χ1v) is 7.98. The first-order chi connectivity index (χ1) is 12.6. The first-order valence-electron chi connectivity index (χ1n) is 7.98. The maximum absolute atomic E-state index is 13.1. The number of hydrogen-bond acceptors (Lipinski definition) is 3. The van der Waals surface area contributed by atoms with Crippen molar-refractivity contribution in [3.63, 3.8) is 0 Å². The van der Waals surface area contributed by atoms with Gasteiger partial charge in [-0.15, -0.1) is 37.1 Å². The predicted octanol–water partition coefficient (Wildman–Crippen LogP) is 4.37. The summed E-state index contributed by atoms with van der Waals surface area (Å²) in [6.07, 6.45) is -4.74. The van der Waals surface area contributed by atoms with E-state index in [1.54, 1.807) is 12.1 Å². The van der Waals surface area contributed by atoms with E-state index in [0.717, 1.165) is 5.56 Å². The third-order valence-electron chi connectivity index (χ3n) is 3.67. The predicted molar refractivity (Wildman–Crippen MR) is 111 cm³/mol. The van der Waals surface area contributed by atoms with E-state index in [4.69, 9.17) is 5.73 Å². The van der Waals surface area contributed by atoms with Crippen molar-refractivity contribution < 1.29 is 22.3 Å². The molecule has 154 valence electrons. The molecule has 0 heterocycles. The molecule has 3 N–H and O–H groups in total. The SMILES string of the molecule is CN(C)C(CN=C(N)Nc1ccc(OC(F)(F)F)cc1)c1ccc(F)cc1.I. The van der Waals surface area contributed by atoms with Crippen LogP contribution < -0.4 is 15.8 Å². The lowest BCUT2D eigenvalue weighted by Gasteiger charge is -2.23. The van der Waals surface area contributed by atoms with Gasteiger partial charge in [-0.3, -0.25) is 4.99 Å². The third-order valence-corrected chi connectivity index (χ3v) is 3.67. The summed E-state index contributed by atoms with van der Waals surface area (Å²) >= 11 is 0. The molecule has 1 atom stereocenters. The molecule has 2 rings (SSSR count). The minimum atomic E-state index is -4.74. The van der Waals surface area contributed by atoms with Crippen LogP contribution in [0.5, 0.6) is 5.75 Å². The molecule has 0 aromatic heterocycles. The van der Waals surface area contributed by atoms with Crippen molar-refractivity contribution in [1.29, 1.82) is 0 Å². The number of alkyl halides is 3. The molecule has 0 bridgehead atoms. The third kappa shape index (κ3) is 7.89. The summed E-state index contributed by atoms with van der Waals surface area (Å²) in [5.41, 5.74) is 7.19. The lowest BCUT2D eigenvalue weighted by molar-refractivity contribution is -0.274. The normalized spacial score (nSPS) is 13.0. The minimum Gasteiger partial charge on any atom is -0.406 e. The summed E-state index contributed by atoms with van der Waals surface area (Å²) in [6.45, 7) is 0.312. The molecule has 0 aliphatic heterocycles. The van der Waals surface area contributed by atoms with Crippen LogP contribution in [0, 0.1) is 5.82 Å². The summed E-state index contributed by atoms with van der Waals surface area (Å²) in [5.74, 6) is -0.542. The van der Waals surface area contributed by atoms with Crippen LogP contribution in [0.2, 0.25) is 0 Å². The van der Waals surface area contributed by atoms with E-state index in [1.807, 2.05) is 19.0 Å². The van der Waals surface area contributed by atoms with Gasteiger partial charge in [-0.05, 0) is 56.1 Å². The van der Waals surface area contributed by atoms with Crippen molar-refractivity contribution >= 4 is 35.6 Å². The molecule has 0 aliphatic carbocycles. The van der Waals surface area contributed by atoms with Gasteiger partial charge in [0.25, 0.3) is 0 Å². The minimum absolute atomic E-state index is 0. The number of benzene rings is 2. The Balaban J connectivity index is 0.00000392. The zero-order valence-corrected chi connectivity index (χ0v) is 17.5. The fourth-order valence-electron chi connectivity index (χ4n) is 2.36. The van der Waals surface area contributed by atoms with Gasteiger partial charge in [0.05, 0.1) is 12.6 Å². The Morgan fingerprint density at radius 1 is 1.11 bits per heavy atom. The number of aliphatic imine (C=N–C) groups is 1. The number of nitrogens with zero attached hydrogens (tertiary/aromatic N) is 2. The fourth-order valence-corrected chi connectivity index (χ4v) is 2.36. The maximum Gasteiger partial charge on any atom is 0.573 e. The van der Waals surface area contributed by atoms with Gasteiger partial charge < -0.3 is 20.7 Å². The van der Waals surface area contributed by atoms with Gasteiger partial charge in [-0.2, -0.15) is 0 Å². The van der Waals surface area contributed by atoms with E-state index in [2.05, 4.69) is 15.0 Å². The second-order valence-corrected chi connectivity index (χ2v) is 5.95. The van der Waals surface area contributed by atoms with E-state index >= 15 is 0 Å². The topological polar surface area (TPSA) is 62.9 Å².